The first kappa shape index (κ1) is 29.6. The number of halogens is 3. The Morgan fingerprint density at radius 3 is 2.42 bits per heavy atom. The van der Waals surface area contributed by atoms with E-state index in [1.807, 2.05) is 6.07 Å². The average molecular weight is 558 g/mol. The fourth-order valence-electron chi connectivity index (χ4n) is 5.65. The minimum Gasteiger partial charge on any atom is -0.399 e. The van der Waals surface area contributed by atoms with E-state index >= 15 is 0 Å². The number of fused-ring (bicyclic) bond motifs is 1. The number of alkyl halides is 3. The van der Waals surface area contributed by atoms with E-state index in [0.29, 0.717) is 17.2 Å². The molecule has 0 spiro atoms. The summed E-state index contributed by atoms with van der Waals surface area (Å²) in [5.41, 5.74) is 6.37. The van der Waals surface area contributed by atoms with E-state index in [1.54, 1.807) is 39.6 Å². The molecule has 4 N–H and O–H groups in total. The molecule has 1 heterocycles. The highest BCUT2D eigenvalue weighted by Crippen LogP contribution is 2.39. The molecule has 1 aliphatic rings. The lowest BCUT2D eigenvalue weighted by molar-refractivity contribution is -0.138. The smallest absolute Gasteiger partial charge is 0.399 e. The number of carbonyl (C=O) groups is 1. The molecule has 1 aliphatic carbocycles. The maximum atomic E-state index is 13.4. The van der Waals surface area contributed by atoms with Gasteiger partial charge in [-0.3, -0.25) is 4.79 Å². The van der Waals surface area contributed by atoms with Crippen LogP contribution in [0.1, 0.15) is 80.9 Å². The predicted octanol–water partition coefficient (Wildman–Crippen LogP) is 6.22. The van der Waals surface area contributed by atoms with Crippen LogP contribution in [-0.2, 0) is 11.0 Å². The second-order valence-corrected chi connectivity index (χ2v) is 11.7. The van der Waals surface area contributed by atoms with Gasteiger partial charge in [0.05, 0.1) is 22.7 Å². The van der Waals surface area contributed by atoms with Crippen LogP contribution in [-0.4, -0.2) is 45.1 Å². The highest BCUT2D eigenvalue weighted by atomic mass is 19.4. The molecule has 0 aliphatic heterocycles. The van der Waals surface area contributed by atoms with Crippen LogP contribution in [0.15, 0.2) is 36.4 Å². The maximum absolute atomic E-state index is 13.4. The van der Waals surface area contributed by atoms with E-state index in [-0.39, 0.29) is 30.0 Å². The first-order valence-electron chi connectivity index (χ1n) is 13.6. The molecule has 7 nitrogen and oxygen atoms in total. The molecule has 3 aromatic rings. The Morgan fingerprint density at radius 1 is 1.12 bits per heavy atom. The molecule has 1 fully saturated rings. The summed E-state index contributed by atoms with van der Waals surface area (Å²) >= 11 is 0. The number of nitrogens with one attached hydrogen (secondary N) is 1. The lowest BCUT2D eigenvalue weighted by atomic mass is 9.78. The number of amides is 1. The lowest BCUT2D eigenvalue weighted by Crippen LogP contribution is -2.43. The van der Waals surface area contributed by atoms with Crippen molar-refractivity contribution in [1.29, 1.82) is 0 Å². The number of hydrogen-bond acceptors (Lipinski definition) is 6. The molecule has 0 radical (unpaired) electrons. The van der Waals surface area contributed by atoms with Crippen molar-refractivity contribution >= 4 is 28.3 Å². The van der Waals surface area contributed by atoms with Crippen molar-refractivity contribution in [2.45, 2.75) is 77.1 Å². The van der Waals surface area contributed by atoms with Crippen LogP contribution in [0, 0.1) is 12.8 Å². The third-order valence-corrected chi connectivity index (χ3v) is 7.54. The van der Waals surface area contributed by atoms with Gasteiger partial charge in [0.25, 0.3) is 0 Å². The number of hydrogen-bond donors (Lipinski definition) is 3. The molecule has 2 aromatic carbocycles. The van der Waals surface area contributed by atoms with E-state index in [4.69, 9.17) is 5.73 Å². The van der Waals surface area contributed by atoms with Gasteiger partial charge in [-0.25, -0.2) is 9.97 Å². The van der Waals surface area contributed by atoms with Crippen molar-refractivity contribution in [3.8, 4) is 0 Å². The zero-order valence-electron chi connectivity index (χ0n) is 23.6. The van der Waals surface area contributed by atoms with Gasteiger partial charge in [-0.1, -0.05) is 6.07 Å². The zero-order valence-corrected chi connectivity index (χ0v) is 23.6. The molecule has 1 saturated carbocycles. The number of nitrogen functional groups attached to an aromatic ring is 1. The number of likely N-dealkylation sites (N-methyl/N-ethyl adjacent to an activating group) is 1. The molecule has 4 rings (SSSR count). The predicted molar refractivity (Wildman–Crippen MR) is 151 cm³/mol. The van der Waals surface area contributed by atoms with Gasteiger partial charge in [0.1, 0.15) is 11.6 Å². The maximum Gasteiger partial charge on any atom is 0.416 e. The summed E-state index contributed by atoms with van der Waals surface area (Å²) < 4.78 is 40.1. The van der Waals surface area contributed by atoms with Gasteiger partial charge < -0.3 is 21.1 Å². The molecule has 0 bridgehead atoms. The minimum atomic E-state index is -4.49. The summed E-state index contributed by atoms with van der Waals surface area (Å²) in [6, 6.07) is 9.14. The van der Waals surface area contributed by atoms with Crippen molar-refractivity contribution in [2.75, 3.05) is 24.6 Å². The highest BCUT2D eigenvalue weighted by Gasteiger charge is 2.32. The summed E-state index contributed by atoms with van der Waals surface area (Å²) in [5.74, 6) is 1.37. The molecule has 40 heavy (non-hydrogen) atoms. The molecule has 0 unspecified atom stereocenters. The number of aliphatic hydroxyl groups is 1. The van der Waals surface area contributed by atoms with Gasteiger partial charge >= 0.3 is 6.18 Å². The van der Waals surface area contributed by atoms with Crippen LogP contribution >= 0.6 is 0 Å². The van der Waals surface area contributed by atoms with Gasteiger partial charge in [0.2, 0.25) is 5.91 Å². The number of rotatable bonds is 7. The van der Waals surface area contributed by atoms with E-state index in [2.05, 4.69) is 27.4 Å². The van der Waals surface area contributed by atoms with Crippen molar-refractivity contribution < 1.29 is 23.1 Å². The van der Waals surface area contributed by atoms with Gasteiger partial charge in [0.15, 0.2) is 0 Å². The summed E-state index contributed by atoms with van der Waals surface area (Å²) in [6.07, 6.45) is -1.25. The summed E-state index contributed by atoms with van der Waals surface area (Å²) in [4.78, 5) is 23.7. The number of carbonyl (C=O) groups excluding carboxylic acids is 1. The Labute approximate surface area is 233 Å². The molecular formula is C30H38F3N5O2. The highest BCUT2D eigenvalue weighted by molar-refractivity contribution is 5.90. The number of anilines is 2. The van der Waals surface area contributed by atoms with Crippen molar-refractivity contribution in [3.63, 3.8) is 0 Å². The van der Waals surface area contributed by atoms with Crippen LogP contribution in [0.3, 0.4) is 0 Å². The topological polar surface area (TPSA) is 104 Å². The van der Waals surface area contributed by atoms with Crippen LogP contribution in [0.2, 0.25) is 0 Å². The minimum absolute atomic E-state index is 0.0461. The Morgan fingerprint density at radius 2 is 1.80 bits per heavy atom. The first-order chi connectivity index (χ1) is 18.6. The van der Waals surface area contributed by atoms with E-state index in [9.17, 15) is 23.1 Å². The van der Waals surface area contributed by atoms with Crippen LogP contribution in [0.5, 0.6) is 0 Å². The standard InChI is InChI=1S/C30H38F3N5O2/c1-17(22-12-23(30(31,32)33)15-24(34)13-22)35-27-25-14-21(10-11-26(25)36-18(2)37-27)19-6-8-20(9-7-19)28(39)38(5)16-29(3,4)40/h10-15,17,19-20,40H,6-9,16,34H2,1-5H3,(H,35,36,37)/t17-,19?,20?/m1/s1. The molecule has 10 heteroatoms. The number of benzene rings is 2. The third-order valence-electron chi connectivity index (χ3n) is 7.54. The largest absolute Gasteiger partial charge is 0.416 e. The number of nitrogens with two attached hydrogens (primary N) is 1. The van der Waals surface area contributed by atoms with Crippen molar-refractivity contribution in [2.24, 2.45) is 5.92 Å². The summed E-state index contributed by atoms with van der Waals surface area (Å²) in [5, 5.41) is 14.1. The first-order valence-corrected chi connectivity index (χ1v) is 13.6. The van der Waals surface area contributed by atoms with E-state index in [0.717, 1.165) is 54.3 Å². The quantitative estimate of drug-likeness (QED) is 0.298. The van der Waals surface area contributed by atoms with E-state index < -0.39 is 23.4 Å². The Balaban J connectivity index is 1.53. The fraction of sp³-hybridized carbons (Fsp3) is 0.500. The lowest BCUT2D eigenvalue weighted by Gasteiger charge is -2.33. The number of nitrogens with zero attached hydrogens (tertiary/aromatic N) is 3. The van der Waals surface area contributed by atoms with Gasteiger partial charge in [-0.15, -0.1) is 0 Å². The number of aromatic nitrogens is 2. The SMILES string of the molecule is Cc1nc(N[C@H](C)c2cc(N)cc(C(F)(F)F)c2)c2cc(C3CCC(C(=O)N(C)CC(C)(C)O)CC3)ccc2n1. The van der Waals surface area contributed by atoms with Crippen LogP contribution < -0.4 is 11.1 Å². The van der Waals surface area contributed by atoms with Crippen LogP contribution in [0.25, 0.3) is 10.9 Å². The molecule has 0 saturated heterocycles. The summed E-state index contributed by atoms with van der Waals surface area (Å²) in [6.45, 7) is 7.22. The Kier molecular flexibility index (Phi) is 8.31. The Hall–Kier alpha value is -3.40. The summed E-state index contributed by atoms with van der Waals surface area (Å²) in [7, 11) is 1.74. The van der Waals surface area contributed by atoms with Gasteiger partial charge in [-0.2, -0.15) is 13.2 Å². The average Bonchev–Trinajstić information content (AvgIpc) is 2.86. The normalized spacial score (nSPS) is 18.9. The molecule has 1 atom stereocenters. The monoisotopic (exact) mass is 557 g/mol. The second-order valence-electron chi connectivity index (χ2n) is 11.7. The zero-order chi connectivity index (χ0) is 29.4. The van der Waals surface area contributed by atoms with Gasteiger partial charge in [0, 0.05) is 30.6 Å². The second kappa shape index (κ2) is 11.2. The van der Waals surface area contributed by atoms with Gasteiger partial charge in [-0.05, 0) is 101 Å². The van der Waals surface area contributed by atoms with Crippen molar-refractivity contribution in [1.82, 2.24) is 14.9 Å². The third kappa shape index (κ3) is 7.02. The molecule has 1 amide bonds. The van der Waals surface area contributed by atoms with E-state index in [1.165, 1.54) is 6.07 Å². The fourth-order valence-corrected chi connectivity index (χ4v) is 5.65. The molecule has 1 aromatic heterocycles. The number of aryl methyl sites for hydroxylation is 1. The molecule has 216 valence electrons. The Bertz CT molecular complexity index is 1380. The van der Waals surface area contributed by atoms with Crippen molar-refractivity contribution in [3.05, 3.63) is 58.9 Å². The molecular weight excluding hydrogens is 519 g/mol. The van der Waals surface area contributed by atoms with Crippen LogP contribution in [0.4, 0.5) is 24.7 Å².